The van der Waals surface area contributed by atoms with E-state index in [2.05, 4.69) is 12.2 Å². The first-order chi connectivity index (χ1) is 4.86. The van der Waals surface area contributed by atoms with E-state index in [0.29, 0.717) is 6.04 Å². The Bertz CT molecular complexity index is 87.3. The fourth-order valence-corrected chi connectivity index (χ4v) is 1.29. The molecule has 0 bridgehead atoms. The van der Waals surface area contributed by atoms with Gasteiger partial charge in [-0.1, -0.05) is 6.92 Å². The average molecular weight is 162 g/mol. The summed E-state index contributed by atoms with van der Waals surface area (Å²) in [5.41, 5.74) is 0. The van der Waals surface area contributed by atoms with Gasteiger partial charge in [-0.15, -0.1) is 11.6 Å². The molecule has 1 rings (SSSR count). The Morgan fingerprint density at radius 3 is 2.70 bits per heavy atom. The second-order valence-corrected chi connectivity index (χ2v) is 3.42. The lowest BCUT2D eigenvalue weighted by Crippen LogP contribution is -2.31. The highest BCUT2D eigenvalue weighted by atomic mass is 35.5. The van der Waals surface area contributed by atoms with Crippen LogP contribution in [0, 0.1) is 5.92 Å². The molecule has 1 atom stereocenters. The number of nitrogens with one attached hydrogen (secondary N) is 1. The maximum Gasteiger partial charge on any atom is 0.0377 e. The molecule has 2 heteroatoms. The van der Waals surface area contributed by atoms with E-state index in [0.717, 1.165) is 18.2 Å². The van der Waals surface area contributed by atoms with Crippen LogP contribution >= 0.6 is 11.6 Å². The largest absolute Gasteiger partial charge is 0.313 e. The van der Waals surface area contributed by atoms with Gasteiger partial charge in [0.25, 0.3) is 0 Å². The topological polar surface area (TPSA) is 12.0 Å². The Labute approximate surface area is 68.1 Å². The molecule has 0 saturated heterocycles. The normalized spacial score (nSPS) is 21.0. The second kappa shape index (κ2) is 4.20. The van der Waals surface area contributed by atoms with Gasteiger partial charge in [0.15, 0.2) is 0 Å². The standard InChI is InChI=1S/C8H16ClN/c1-2-8(5-9)10-6-7-3-4-7/h7-8,10H,2-6H2,1H3. The van der Waals surface area contributed by atoms with Crippen molar-refractivity contribution < 1.29 is 0 Å². The van der Waals surface area contributed by atoms with Gasteiger partial charge in [-0.05, 0) is 31.7 Å². The lowest BCUT2D eigenvalue weighted by atomic mass is 10.2. The van der Waals surface area contributed by atoms with Crippen molar-refractivity contribution in [2.75, 3.05) is 12.4 Å². The van der Waals surface area contributed by atoms with E-state index < -0.39 is 0 Å². The third-order valence-electron chi connectivity index (χ3n) is 2.07. The fourth-order valence-electron chi connectivity index (χ4n) is 0.963. The first-order valence-electron chi connectivity index (χ1n) is 4.16. The summed E-state index contributed by atoms with van der Waals surface area (Å²) in [5, 5.41) is 3.45. The molecule has 10 heavy (non-hydrogen) atoms. The average Bonchev–Trinajstić information content (AvgIpc) is 2.74. The molecule has 60 valence electrons. The van der Waals surface area contributed by atoms with Crippen LogP contribution in [-0.4, -0.2) is 18.5 Å². The molecule has 1 fully saturated rings. The van der Waals surface area contributed by atoms with Crippen molar-refractivity contribution in [3.63, 3.8) is 0 Å². The van der Waals surface area contributed by atoms with Gasteiger partial charge >= 0.3 is 0 Å². The summed E-state index contributed by atoms with van der Waals surface area (Å²) in [6.45, 7) is 3.36. The first-order valence-corrected chi connectivity index (χ1v) is 4.69. The summed E-state index contributed by atoms with van der Waals surface area (Å²) in [6, 6.07) is 0.544. The van der Waals surface area contributed by atoms with E-state index in [4.69, 9.17) is 11.6 Å². The molecule has 1 nitrogen and oxygen atoms in total. The Hall–Kier alpha value is 0.250. The molecule has 1 unspecified atom stereocenters. The quantitative estimate of drug-likeness (QED) is 0.609. The van der Waals surface area contributed by atoms with Crippen LogP contribution < -0.4 is 5.32 Å². The summed E-state index contributed by atoms with van der Waals surface area (Å²) >= 11 is 5.71. The maximum absolute atomic E-state index is 5.71. The summed E-state index contributed by atoms with van der Waals surface area (Å²) in [5.74, 6) is 1.72. The fraction of sp³-hybridized carbons (Fsp3) is 1.00. The van der Waals surface area contributed by atoms with E-state index in [1.807, 2.05) is 0 Å². The van der Waals surface area contributed by atoms with Gasteiger partial charge in [0.1, 0.15) is 0 Å². The van der Waals surface area contributed by atoms with Gasteiger partial charge in [0.05, 0.1) is 0 Å². The molecular weight excluding hydrogens is 146 g/mol. The van der Waals surface area contributed by atoms with Crippen molar-refractivity contribution in [3.05, 3.63) is 0 Å². The maximum atomic E-state index is 5.71. The van der Waals surface area contributed by atoms with Gasteiger partial charge < -0.3 is 5.32 Å². The Balaban J connectivity index is 1.97. The van der Waals surface area contributed by atoms with Crippen molar-refractivity contribution >= 4 is 11.6 Å². The SMILES string of the molecule is CCC(CCl)NCC1CC1. The van der Waals surface area contributed by atoms with Crippen LogP contribution in [0.4, 0.5) is 0 Å². The summed E-state index contributed by atoms with van der Waals surface area (Å²) in [4.78, 5) is 0. The van der Waals surface area contributed by atoms with Crippen LogP contribution in [0.5, 0.6) is 0 Å². The predicted molar refractivity (Wildman–Crippen MR) is 45.5 cm³/mol. The Morgan fingerprint density at radius 1 is 1.60 bits per heavy atom. The summed E-state index contributed by atoms with van der Waals surface area (Å²) in [7, 11) is 0. The third kappa shape index (κ3) is 2.89. The monoisotopic (exact) mass is 161 g/mol. The van der Waals surface area contributed by atoms with Crippen LogP contribution in [0.3, 0.4) is 0 Å². The number of rotatable bonds is 5. The first kappa shape index (κ1) is 8.35. The molecule has 1 saturated carbocycles. The molecule has 0 aromatic heterocycles. The zero-order valence-corrected chi connectivity index (χ0v) is 7.32. The lowest BCUT2D eigenvalue weighted by molar-refractivity contribution is 0.520. The highest BCUT2D eigenvalue weighted by Crippen LogP contribution is 2.27. The molecule has 0 radical (unpaired) electrons. The van der Waals surface area contributed by atoms with Gasteiger partial charge in [0.2, 0.25) is 0 Å². The van der Waals surface area contributed by atoms with Crippen LogP contribution in [0.2, 0.25) is 0 Å². The van der Waals surface area contributed by atoms with Crippen molar-refractivity contribution in [1.29, 1.82) is 0 Å². The molecule has 0 amide bonds. The van der Waals surface area contributed by atoms with Crippen molar-refractivity contribution in [1.82, 2.24) is 5.32 Å². The molecular formula is C8H16ClN. The van der Waals surface area contributed by atoms with Gasteiger partial charge in [-0.3, -0.25) is 0 Å². The molecule has 1 aliphatic rings. The highest BCUT2D eigenvalue weighted by molar-refractivity contribution is 6.18. The van der Waals surface area contributed by atoms with Crippen molar-refractivity contribution in [3.8, 4) is 0 Å². The van der Waals surface area contributed by atoms with Gasteiger partial charge in [0, 0.05) is 11.9 Å². The molecule has 1 N–H and O–H groups in total. The van der Waals surface area contributed by atoms with E-state index >= 15 is 0 Å². The van der Waals surface area contributed by atoms with E-state index in [-0.39, 0.29) is 0 Å². The van der Waals surface area contributed by atoms with Crippen LogP contribution in [0.25, 0.3) is 0 Å². The zero-order chi connectivity index (χ0) is 7.40. The molecule has 0 spiro atoms. The third-order valence-corrected chi connectivity index (χ3v) is 2.44. The van der Waals surface area contributed by atoms with Crippen LogP contribution in [0.1, 0.15) is 26.2 Å². The minimum absolute atomic E-state index is 0.544. The second-order valence-electron chi connectivity index (χ2n) is 3.11. The van der Waals surface area contributed by atoms with Crippen LogP contribution in [0.15, 0.2) is 0 Å². The van der Waals surface area contributed by atoms with Crippen LogP contribution in [-0.2, 0) is 0 Å². The number of hydrogen-bond donors (Lipinski definition) is 1. The van der Waals surface area contributed by atoms with Gasteiger partial charge in [-0.2, -0.15) is 0 Å². The molecule has 0 aromatic rings. The smallest absolute Gasteiger partial charge is 0.0377 e. The van der Waals surface area contributed by atoms with Crippen molar-refractivity contribution in [2.45, 2.75) is 32.2 Å². The molecule has 0 heterocycles. The van der Waals surface area contributed by atoms with E-state index in [1.54, 1.807) is 0 Å². The molecule has 0 aromatic carbocycles. The highest BCUT2D eigenvalue weighted by Gasteiger charge is 2.21. The lowest BCUT2D eigenvalue weighted by Gasteiger charge is -2.12. The Morgan fingerprint density at radius 2 is 2.30 bits per heavy atom. The molecule has 0 aliphatic heterocycles. The van der Waals surface area contributed by atoms with Gasteiger partial charge in [-0.25, -0.2) is 0 Å². The van der Waals surface area contributed by atoms with E-state index in [9.17, 15) is 0 Å². The van der Waals surface area contributed by atoms with E-state index in [1.165, 1.54) is 19.4 Å². The minimum atomic E-state index is 0.544. The minimum Gasteiger partial charge on any atom is -0.313 e. The summed E-state index contributed by atoms with van der Waals surface area (Å²) < 4.78 is 0. The molecule has 1 aliphatic carbocycles. The summed E-state index contributed by atoms with van der Waals surface area (Å²) in [6.07, 6.45) is 3.99. The predicted octanol–water partition coefficient (Wildman–Crippen LogP) is 2.00. The number of halogens is 1. The number of hydrogen-bond acceptors (Lipinski definition) is 1. The Kier molecular flexibility index (Phi) is 3.50. The zero-order valence-electron chi connectivity index (χ0n) is 6.57. The number of alkyl halides is 1. The van der Waals surface area contributed by atoms with Crippen molar-refractivity contribution in [2.24, 2.45) is 5.92 Å².